The Balaban J connectivity index is 1.80. The minimum absolute atomic E-state index is 0.0384. The van der Waals surface area contributed by atoms with Gasteiger partial charge in [-0.1, -0.05) is 23.7 Å². The molecule has 3 rings (SSSR count). The molecule has 0 unspecified atom stereocenters. The van der Waals surface area contributed by atoms with Gasteiger partial charge in [-0.25, -0.2) is 4.98 Å². The molecule has 1 N–H and O–H groups in total. The SMILES string of the molecule is CCOc1c(Cl)cccc1CC(=O)N1CCCC[C@@H]1c1ncn[nH]1. The molecule has 6 nitrogen and oxygen atoms in total. The van der Waals surface area contributed by atoms with E-state index in [0.29, 0.717) is 17.4 Å². The average Bonchev–Trinajstić information content (AvgIpc) is 3.12. The number of piperidine rings is 1. The molecular weight excluding hydrogens is 328 g/mol. The van der Waals surface area contributed by atoms with Crippen molar-refractivity contribution in [2.45, 2.75) is 38.6 Å². The zero-order valence-corrected chi connectivity index (χ0v) is 14.4. The van der Waals surface area contributed by atoms with Crippen LogP contribution in [-0.4, -0.2) is 39.1 Å². The largest absolute Gasteiger partial charge is 0.492 e. The van der Waals surface area contributed by atoms with Crippen molar-refractivity contribution < 1.29 is 9.53 Å². The molecule has 2 aromatic rings. The second kappa shape index (κ2) is 7.66. The van der Waals surface area contributed by atoms with Crippen molar-refractivity contribution in [2.75, 3.05) is 13.2 Å². The number of halogens is 1. The Morgan fingerprint density at radius 2 is 2.33 bits per heavy atom. The van der Waals surface area contributed by atoms with Crippen molar-refractivity contribution >= 4 is 17.5 Å². The highest BCUT2D eigenvalue weighted by atomic mass is 35.5. The van der Waals surface area contributed by atoms with E-state index in [4.69, 9.17) is 16.3 Å². The summed E-state index contributed by atoms with van der Waals surface area (Å²) in [5, 5.41) is 7.34. The molecule has 0 spiro atoms. The van der Waals surface area contributed by atoms with Gasteiger partial charge in [0.25, 0.3) is 0 Å². The van der Waals surface area contributed by atoms with Crippen LogP contribution in [0.3, 0.4) is 0 Å². The number of aromatic amines is 1. The van der Waals surface area contributed by atoms with Gasteiger partial charge in [-0.2, -0.15) is 5.10 Å². The van der Waals surface area contributed by atoms with Gasteiger partial charge < -0.3 is 9.64 Å². The average molecular weight is 349 g/mol. The summed E-state index contributed by atoms with van der Waals surface area (Å²) in [6, 6.07) is 5.47. The lowest BCUT2D eigenvalue weighted by atomic mass is 10.00. The number of para-hydroxylation sites is 1. The highest BCUT2D eigenvalue weighted by Crippen LogP contribution is 2.32. The van der Waals surface area contributed by atoms with Crippen molar-refractivity contribution in [3.8, 4) is 5.75 Å². The van der Waals surface area contributed by atoms with Gasteiger partial charge in [0.1, 0.15) is 17.9 Å². The summed E-state index contributed by atoms with van der Waals surface area (Å²) >= 11 is 6.21. The van der Waals surface area contributed by atoms with Crippen molar-refractivity contribution in [2.24, 2.45) is 0 Å². The third-order valence-electron chi connectivity index (χ3n) is 4.25. The van der Waals surface area contributed by atoms with Gasteiger partial charge in [0.15, 0.2) is 0 Å². The molecule has 2 heterocycles. The monoisotopic (exact) mass is 348 g/mol. The van der Waals surface area contributed by atoms with Crippen LogP contribution in [0.1, 0.15) is 43.6 Å². The van der Waals surface area contributed by atoms with Crippen molar-refractivity contribution in [1.29, 1.82) is 0 Å². The Hall–Kier alpha value is -2.08. The van der Waals surface area contributed by atoms with Crippen molar-refractivity contribution in [3.05, 3.63) is 40.9 Å². The summed E-state index contributed by atoms with van der Waals surface area (Å²) in [6.07, 6.45) is 4.73. The topological polar surface area (TPSA) is 71.1 Å². The van der Waals surface area contributed by atoms with Gasteiger partial charge in [0, 0.05) is 12.1 Å². The van der Waals surface area contributed by atoms with Crippen LogP contribution in [0.15, 0.2) is 24.5 Å². The number of hydrogen-bond donors (Lipinski definition) is 1. The minimum Gasteiger partial charge on any atom is -0.492 e. The highest BCUT2D eigenvalue weighted by Gasteiger charge is 2.30. The minimum atomic E-state index is -0.0384. The number of rotatable bonds is 5. The summed E-state index contributed by atoms with van der Waals surface area (Å²) in [6.45, 7) is 3.14. The van der Waals surface area contributed by atoms with Gasteiger partial charge in [-0.3, -0.25) is 9.89 Å². The standard InChI is InChI=1S/C17H21ClN4O2/c1-2-24-16-12(6-5-7-13(16)18)10-15(23)22-9-4-3-8-14(22)17-19-11-20-21-17/h5-7,11,14H,2-4,8-10H2,1H3,(H,19,20,21)/t14-/m1/s1. The third-order valence-corrected chi connectivity index (χ3v) is 4.55. The van der Waals surface area contributed by atoms with E-state index in [9.17, 15) is 4.79 Å². The maximum Gasteiger partial charge on any atom is 0.227 e. The molecule has 1 saturated heterocycles. The van der Waals surface area contributed by atoms with E-state index in [1.165, 1.54) is 6.33 Å². The van der Waals surface area contributed by atoms with Crippen LogP contribution in [0.5, 0.6) is 5.75 Å². The number of carbonyl (C=O) groups is 1. The van der Waals surface area contributed by atoms with E-state index in [-0.39, 0.29) is 18.4 Å². The molecule has 1 aromatic carbocycles. The number of H-pyrrole nitrogens is 1. The lowest BCUT2D eigenvalue weighted by Crippen LogP contribution is -2.39. The summed E-state index contributed by atoms with van der Waals surface area (Å²) in [4.78, 5) is 19.0. The van der Waals surface area contributed by atoms with Crippen molar-refractivity contribution in [1.82, 2.24) is 20.1 Å². The maximum absolute atomic E-state index is 12.9. The fourth-order valence-corrected chi connectivity index (χ4v) is 3.40. The fraction of sp³-hybridized carbons (Fsp3) is 0.471. The van der Waals surface area contributed by atoms with Crippen LogP contribution in [0.4, 0.5) is 0 Å². The van der Waals surface area contributed by atoms with E-state index in [0.717, 1.165) is 37.2 Å². The lowest BCUT2D eigenvalue weighted by Gasteiger charge is -2.34. The lowest BCUT2D eigenvalue weighted by molar-refractivity contribution is -0.134. The highest BCUT2D eigenvalue weighted by molar-refractivity contribution is 6.32. The third kappa shape index (κ3) is 3.53. The zero-order chi connectivity index (χ0) is 16.9. The molecule has 1 amide bonds. The summed E-state index contributed by atoms with van der Waals surface area (Å²) in [5.74, 6) is 1.40. The van der Waals surface area contributed by atoms with Gasteiger partial charge >= 0.3 is 0 Å². The van der Waals surface area contributed by atoms with Crippen LogP contribution in [-0.2, 0) is 11.2 Å². The maximum atomic E-state index is 12.9. The van der Waals surface area contributed by atoms with E-state index in [2.05, 4.69) is 15.2 Å². The van der Waals surface area contributed by atoms with Crippen LogP contribution in [0.2, 0.25) is 5.02 Å². The molecule has 1 aliphatic heterocycles. The molecule has 0 aliphatic carbocycles. The van der Waals surface area contributed by atoms with Gasteiger partial charge in [0.2, 0.25) is 5.91 Å². The number of aromatic nitrogens is 3. The van der Waals surface area contributed by atoms with Gasteiger partial charge in [-0.15, -0.1) is 0 Å². The fourth-order valence-electron chi connectivity index (χ4n) is 3.15. The number of amides is 1. The number of carbonyl (C=O) groups excluding carboxylic acids is 1. The number of nitrogens with zero attached hydrogens (tertiary/aromatic N) is 3. The number of nitrogens with one attached hydrogen (secondary N) is 1. The number of hydrogen-bond acceptors (Lipinski definition) is 4. The zero-order valence-electron chi connectivity index (χ0n) is 13.7. The smallest absolute Gasteiger partial charge is 0.227 e. The summed E-state index contributed by atoms with van der Waals surface area (Å²) in [7, 11) is 0. The quantitative estimate of drug-likeness (QED) is 0.901. The molecule has 1 aliphatic rings. The second-order valence-corrected chi connectivity index (χ2v) is 6.21. The Labute approximate surface area is 146 Å². The van der Waals surface area contributed by atoms with E-state index >= 15 is 0 Å². The number of likely N-dealkylation sites (tertiary alicyclic amines) is 1. The molecule has 7 heteroatoms. The molecule has 24 heavy (non-hydrogen) atoms. The summed E-state index contributed by atoms with van der Waals surface area (Å²) in [5.41, 5.74) is 0.816. The van der Waals surface area contributed by atoms with Crippen molar-refractivity contribution in [3.63, 3.8) is 0 Å². The molecule has 1 aromatic heterocycles. The van der Waals surface area contributed by atoms with E-state index in [1.54, 1.807) is 6.07 Å². The predicted octanol–water partition coefficient (Wildman–Crippen LogP) is 3.15. The van der Waals surface area contributed by atoms with Gasteiger partial charge in [0.05, 0.1) is 24.1 Å². The molecule has 128 valence electrons. The van der Waals surface area contributed by atoms with E-state index in [1.807, 2.05) is 24.0 Å². The number of benzene rings is 1. The first-order chi connectivity index (χ1) is 11.7. The summed E-state index contributed by atoms with van der Waals surface area (Å²) < 4.78 is 5.62. The van der Waals surface area contributed by atoms with E-state index < -0.39 is 0 Å². The Kier molecular flexibility index (Phi) is 5.35. The molecule has 1 atom stereocenters. The predicted molar refractivity (Wildman–Crippen MR) is 91.0 cm³/mol. The normalized spacial score (nSPS) is 17.8. The van der Waals surface area contributed by atoms with Crippen LogP contribution in [0, 0.1) is 0 Å². The van der Waals surface area contributed by atoms with Crippen LogP contribution in [0.25, 0.3) is 0 Å². The first kappa shape index (κ1) is 16.8. The van der Waals surface area contributed by atoms with Crippen LogP contribution < -0.4 is 4.74 Å². The number of ether oxygens (including phenoxy) is 1. The Morgan fingerprint density at radius 3 is 3.08 bits per heavy atom. The van der Waals surface area contributed by atoms with Gasteiger partial charge in [-0.05, 0) is 32.3 Å². The molecule has 0 bridgehead atoms. The molecule has 1 fully saturated rings. The first-order valence-electron chi connectivity index (χ1n) is 8.25. The molecule has 0 saturated carbocycles. The molecule has 0 radical (unpaired) electrons. The molecular formula is C17H21ClN4O2. The Bertz CT molecular complexity index is 690. The Morgan fingerprint density at radius 1 is 1.46 bits per heavy atom. The van der Waals surface area contributed by atoms with Crippen LogP contribution >= 0.6 is 11.6 Å². The first-order valence-corrected chi connectivity index (χ1v) is 8.63. The second-order valence-electron chi connectivity index (χ2n) is 5.81.